The second-order valence-corrected chi connectivity index (χ2v) is 8.55. The second-order valence-electron chi connectivity index (χ2n) is 8.55. The van der Waals surface area contributed by atoms with Crippen LogP contribution in [0.1, 0.15) is 46.9 Å². The first kappa shape index (κ1) is 23.9. The van der Waals surface area contributed by atoms with Crippen LogP contribution in [0.15, 0.2) is 78.4 Å². The Balaban J connectivity index is 1.89. The summed E-state index contributed by atoms with van der Waals surface area (Å²) < 4.78 is 19.1. The number of aliphatic hydroxyl groups excluding tert-OH is 1. The van der Waals surface area contributed by atoms with E-state index in [0.717, 1.165) is 0 Å². The molecule has 0 saturated carbocycles. The maximum atomic E-state index is 13.8. The fourth-order valence-corrected chi connectivity index (χ4v) is 4.06. The molecule has 1 N–H and O–H groups in total. The van der Waals surface area contributed by atoms with Crippen LogP contribution in [0.2, 0.25) is 0 Å². The zero-order chi connectivity index (χ0) is 25.3. The van der Waals surface area contributed by atoms with Crippen LogP contribution in [0, 0.1) is 12.7 Å². The van der Waals surface area contributed by atoms with Gasteiger partial charge >= 0.3 is 5.97 Å². The highest BCUT2D eigenvalue weighted by Crippen LogP contribution is 2.42. The highest BCUT2D eigenvalue weighted by Gasteiger charge is 2.47. The largest absolute Gasteiger partial charge is 0.507 e. The van der Waals surface area contributed by atoms with Gasteiger partial charge < -0.3 is 9.84 Å². The van der Waals surface area contributed by atoms with Gasteiger partial charge in [-0.05, 0) is 68.3 Å². The van der Waals surface area contributed by atoms with E-state index >= 15 is 0 Å². The summed E-state index contributed by atoms with van der Waals surface area (Å²) in [6.07, 6.45) is -0.330. The van der Waals surface area contributed by atoms with Gasteiger partial charge in [-0.2, -0.15) is 0 Å². The molecule has 35 heavy (non-hydrogen) atoms. The van der Waals surface area contributed by atoms with E-state index in [1.165, 1.54) is 29.2 Å². The van der Waals surface area contributed by atoms with Gasteiger partial charge in [0, 0.05) is 11.3 Å². The number of ketones is 1. The number of hydrogen-bond donors (Lipinski definition) is 1. The zero-order valence-corrected chi connectivity index (χ0v) is 19.5. The van der Waals surface area contributed by atoms with Crippen molar-refractivity contribution in [3.05, 3.63) is 106 Å². The van der Waals surface area contributed by atoms with Crippen molar-refractivity contribution in [1.29, 1.82) is 0 Å². The molecule has 0 spiro atoms. The number of benzene rings is 3. The van der Waals surface area contributed by atoms with Gasteiger partial charge in [0.2, 0.25) is 0 Å². The third-order valence-corrected chi connectivity index (χ3v) is 5.69. The fourth-order valence-electron chi connectivity index (χ4n) is 4.06. The standard InChI is InChI=1S/C28H24FNO5/c1-16(2)35-28(34)20-10-7-11-21(15-20)30-24(18-8-5-4-6-9-18)23(26(32)27(30)33)25(31)19-12-13-22(29)17(3)14-19/h4-16,24,31H,1-3H3/b25-23+. The summed E-state index contributed by atoms with van der Waals surface area (Å²) in [6, 6.07) is 18.0. The van der Waals surface area contributed by atoms with Gasteiger partial charge in [0.1, 0.15) is 11.6 Å². The fraction of sp³-hybridized carbons (Fsp3) is 0.179. The summed E-state index contributed by atoms with van der Waals surface area (Å²) in [5.41, 5.74) is 1.49. The Morgan fingerprint density at radius 2 is 1.69 bits per heavy atom. The number of carbonyl (C=O) groups excluding carboxylic acids is 3. The molecule has 3 aromatic rings. The van der Waals surface area contributed by atoms with Crippen LogP contribution in [0.3, 0.4) is 0 Å². The number of aliphatic hydroxyl groups is 1. The van der Waals surface area contributed by atoms with Crippen molar-refractivity contribution in [2.75, 3.05) is 4.90 Å². The molecular formula is C28H24FNO5. The number of nitrogens with zero attached hydrogens (tertiary/aromatic N) is 1. The molecule has 4 rings (SSSR count). The van der Waals surface area contributed by atoms with E-state index in [-0.39, 0.29) is 28.4 Å². The van der Waals surface area contributed by atoms with Gasteiger partial charge in [0.15, 0.2) is 0 Å². The van der Waals surface area contributed by atoms with Crippen LogP contribution >= 0.6 is 0 Å². The molecule has 1 aliphatic heterocycles. The molecule has 1 atom stereocenters. The molecular weight excluding hydrogens is 449 g/mol. The molecule has 1 fully saturated rings. The Hall–Kier alpha value is -4.26. The summed E-state index contributed by atoms with van der Waals surface area (Å²) in [4.78, 5) is 40.2. The number of amides is 1. The van der Waals surface area contributed by atoms with Crippen LogP contribution in [-0.2, 0) is 14.3 Å². The van der Waals surface area contributed by atoms with E-state index in [2.05, 4.69) is 0 Å². The smallest absolute Gasteiger partial charge is 0.338 e. The molecule has 0 aliphatic carbocycles. The average Bonchev–Trinajstić information content (AvgIpc) is 3.11. The summed E-state index contributed by atoms with van der Waals surface area (Å²) >= 11 is 0. The zero-order valence-electron chi connectivity index (χ0n) is 19.5. The average molecular weight is 474 g/mol. The number of aryl methyl sites for hydroxylation is 1. The Morgan fingerprint density at radius 3 is 2.34 bits per heavy atom. The van der Waals surface area contributed by atoms with E-state index in [4.69, 9.17) is 4.74 Å². The Bertz CT molecular complexity index is 1350. The van der Waals surface area contributed by atoms with E-state index in [0.29, 0.717) is 11.3 Å². The van der Waals surface area contributed by atoms with Crippen molar-refractivity contribution in [3.8, 4) is 0 Å². The number of ether oxygens (including phenoxy) is 1. The minimum absolute atomic E-state index is 0.123. The molecule has 1 aliphatic rings. The molecule has 6 nitrogen and oxygen atoms in total. The Labute approximate surface area is 202 Å². The molecule has 178 valence electrons. The third-order valence-electron chi connectivity index (χ3n) is 5.69. The van der Waals surface area contributed by atoms with E-state index in [1.54, 1.807) is 69.3 Å². The van der Waals surface area contributed by atoms with Gasteiger partial charge in [-0.3, -0.25) is 14.5 Å². The first-order chi connectivity index (χ1) is 16.7. The van der Waals surface area contributed by atoms with Gasteiger partial charge in [0.05, 0.1) is 23.3 Å². The number of Topliss-reactive ketones (excluding diaryl/α,β-unsaturated/α-hetero) is 1. The lowest BCUT2D eigenvalue weighted by Crippen LogP contribution is -2.29. The van der Waals surface area contributed by atoms with E-state index in [9.17, 15) is 23.9 Å². The molecule has 1 amide bonds. The molecule has 0 aromatic heterocycles. The van der Waals surface area contributed by atoms with Gasteiger partial charge in [-0.25, -0.2) is 9.18 Å². The number of esters is 1. The summed E-state index contributed by atoms with van der Waals surface area (Å²) in [5.74, 6) is -3.15. The third kappa shape index (κ3) is 4.57. The minimum Gasteiger partial charge on any atom is -0.507 e. The Morgan fingerprint density at radius 1 is 0.971 bits per heavy atom. The van der Waals surface area contributed by atoms with E-state index in [1.807, 2.05) is 0 Å². The number of rotatable bonds is 5. The van der Waals surface area contributed by atoms with Crippen LogP contribution in [0.25, 0.3) is 5.76 Å². The van der Waals surface area contributed by atoms with Crippen molar-refractivity contribution in [1.82, 2.24) is 0 Å². The van der Waals surface area contributed by atoms with Crippen LogP contribution < -0.4 is 4.90 Å². The van der Waals surface area contributed by atoms with Crippen molar-refractivity contribution < 1.29 is 28.6 Å². The lowest BCUT2D eigenvalue weighted by Gasteiger charge is -2.25. The highest BCUT2D eigenvalue weighted by atomic mass is 19.1. The quantitative estimate of drug-likeness (QED) is 0.235. The minimum atomic E-state index is -0.960. The van der Waals surface area contributed by atoms with Crippen molar-refractivity contribution >= 4 is 29.1 Å². The van der Waals surface area contributed by atoms with Crippen LogP contribution in [0.5, 0.6) is 0 Å². The first-order valence-corrected chi connectivity index (χ1v) is 11.1. The predicted molar refractivity (Wildman–Crippen MR) is 129 cm³/mol. The van der Waals surface area contributed by atoms with Gasteiger partial charge in [0.25, 0.3) is 11.7 Å². The van der Waals surface area contributed by atoms with E-state index < -0.39 is 35.3 Å². The molecule has 1 saturated heterocycles. The number of halogens is 1. The molecule has 1 unspecified atom stereocenters. The van der Waals surface area contributed by atoms with Crippen LogP contribution in [-0.4, -0.2) is 28.9 Å². The predicted octanol–water partition coefficient (Wildman–Crippen LogP) is 5.33. The van der Waals surface area contributed by atoms with Crippen LogP contribution in [0.4, 0.5) is 10.1 Å². The molecule has 3 aromatic carbocycles. The summed E-state index contributed by atoms with van der Waals surface area (Å²) in [6.45, 7) is 5.00. The Kier molecular flexibility index (Phi) is 6.51. The lowest BCUT2D eigenvalue weighted by molar-refractivity contribution is -0.132. The first-order valence-electron chi connectivity index (χ1n) is 11.1. The normalized spacial score (nSPS) is 17.2. The topological polar surface area (TPSA) is 83.9 Å². The summed E-state index contributed by atoms with van der Waals surface area (Å²) in [7, 11) is 0. The second kappa shape index (κ2) is 9.54. The molecule has 1 heterocycles. The number of hydrogen-bond acceptors (Lipinski definition) is 5. The molecule has 0 radical (unpaired) electrons. The molecule has 7 heteroatoms. The van der Waals surface area contributed by atoms with Crippen molar-refractivity contribution in [3.63, 3.8) is 0 Å². The van der Waals surface area contributed by atoms with Gasteiger partial charge in [-0.15, -0.1) is 0 Å². The molecule has 0 bridgehead atoms. The van der Waals surface area contributed by atoms with Crippen molar-refractivity contribution in [2.24, 2.45) is 0 Å². The maximum Gasteiger partial charge on any atom is 0.338 e. The number of anilines is 1. The SMILES string of the molecule is Cc1cc(/C(O)=C2\C(=O)C(=O)N(c3cccc(C(=O)OC(C)C)c3)C2c2ccccc2)ccc1F. The highest BCUT2D eigenvalue weighted by molar-refractivity contribution is 6.51. The summed E-state index contributed by atoms with van der Waals surface area (Å²) in [5, 5.41) is 11.1. The van der Waals surface area contributed by atoms with Crippen molar-refractivity contribution in [2.45, 2.75) is 32.9 Å². The maximum absolute atomic E-state index is 13.8. The van der Waals surface area contributed by atoms with Gasteiger partial charge in [-0.1, -0.05) is 36.4 Å². The monoisotopic (exact) mass is 473 g/mol. The number of carbonyl (C=O) groups is 3. The lowest BCUT2D eigenvalue weighted by atomic mass is 9.94.